The lowest BCUT2D eigenvalue weighted by Crippen LogP contribution is -2.32. The Morgan fingerprint density at radius 1 is 1.00 bits per heavy atom. The zero-order chi connectivity index (χ0) is 21.8. The van der Waals surface area contributed by atoms with E-state index >= 15 is 0 Å². The highest BCUT2D eigenvalue weighted by atomic mass is 35.5. The van der Waals surface area contributed by atoms with Crippen LogP contribution in [0.1, 0.15) is 11.3 Å². The topological polar surface area (TPSA) is 54.3 Å². The van der Waals surface area contributed by atoms with E-state index in [-0.39, 0.29) is 11.0 Å². The number of rotatable bonds is 4. The minimum atomic E-state index is -0.352. The van der Waals surface area contributed by atoms with Crippen molar-refractivity contribution in [1.29, 1.82) is 0 Å². The molecule has 4 nitrogen and oxygen atoms in total. The Labute approximate surface area is 190 Å². The Morgan fingerprint density at radius 2 is 1.81 bits per heavy atom. The number of hydrogen-bond acceptors (Lipinski definition) is 3. The van der Waals surface area contributed by atoms with Crippen molar-refractivity contribution in [3.05, 3.63) is 95.2 Å². The smallest absolute Gasteiger partial charge is 0.250 e. The van der Waals surface area contributed by atoms with Crippen LogP contribution in [0.4, 0.5) is 5.69 Å². The summed E-state index contributed by atoms with van der Waals surface area (Å²) in [5.74, 6) is 0.875. The van der Waals surface area contributed by atoms with E-state index in [0.29, 0.717) is 16.5 Å². The zero-order valence-corrected chi connectivity index (χ0v) is 18.3. The van der Waals surface area contributed by atoms with E-state index in [1.54, 1.807) is 12.1 Å². The Kier molecular flexibility index (Phi) is 6.16. The van der Waals surface area contributed by atoms with Crippen LogP contribution < -0.4 is 10.6 Å². The fourth-order valence-corrected chi connectivity index (χ4v) is 3.48. The summed E-state index contributed by atoms with van der Waals surface area (Å²) in [4.78, 5) is 12.2. The van der Waals surface area contributed by atoms with Gasteiger partial charge in [0.15, 0.2) is 5.11 Å². The van der Waals surface area contributed by atoms with E-state index in [1.165, 1.54) is 6.08 Å². The van der Waals surface area contributed by atoms with E-state index in [2.05, 4.69) is 10.6 Å². The second-order valence-electron chi connectivity index (χ2n) is 7.00. The van der Waals surface area contributed by atoms with Crippen LogP contribution in [-0.4, -0.2) is 11.0 Å². The van der Waals surface area contributed by atoms with Crippen molar-refractivity contribution in [2.45, 2.75) is 6.92 Å². The largest absolute Gasteiger partial charge is 0.457 e. The number of thiocarbonyl (C=S) groups is 1. The molecule has 4 rings (SSSR count). The Morgan fingerprint density at radius 3 is 2.61 bits per heavy atom. The zero-order valence-electron chi connectivity index (χ0n) is 16.7. The average Bonchev–Trinajstić information content (AvgIpc) is 3.23. The van der Waals surface area contributed by atoms with E-state index in [1.807, 2.05) is 73.7 Å². The number of hydrogen-bond donors (Lipinski definition) is 2. The third-order valence-electron chi connectivity index (χ3n) is 4.73. The molecule has 0 radical (unpaired) electrons. The quantitative estimate of drug-likeness (QED) is 0.274. The molecule has 0 atom stereocenters. The van der Waals surface area contributed by atoms with Crippen molar-refractivity contribution in [3.8, 4) is 11.3 Å². The Bertz CT molecular complexity index is 1310. The van der Waals surface area contributed by atoms with Crippen LogP contribution in [0.5, 0.6) is 0 Å². The van der Waals surface area contributed by atoms with E-state index in [9.17, 15) is 4.79 Å². The van der Waals surface area contributed by atoms with Gasteiger partial charge in [0.25, 0.3) is 0 Å². The molecule has 1 heterocycles. The molecule has 0 aliphatic rings. The molecule has 4 aromatic rings. The standard InChI is InChI=1S/C25H19ClN2O2S/c1-16-6-7-19(15-22(16)26)23-12-10-21(30-23)11-13-24(29)28-25(31)27-20-9-8-17-4-2-3-5-18(17)14-20/h2-15H,1H3,(H2,27,28,29,31)/b13-11+. The van der Waals surface area contributed by atoms with Crippen molar-refractivity contribution in [1.82, 2.24) is 5.32 Å². The molecule has 0 aliphatic heterocycles. The highest BCUT2D eigenvalue weighted by Gasteiger charge is 2.07. The van der Waals surface area contributed by atoms with Crippen LogP contribution in [0.15, 0.2) is 83.3 Å². The number of fused-ring (bicyclic) bond motifs is 1. The second kappa shape index (κ2) is 9.16. The van der Waals surface area contributed by atoms with E-state index in [4.69, 9.17) is 28.2 Å². The van der Waals surface area contributed by atoms with Gasteiger partial charge in [-0.1, -0.05) is 54.1 Å². The van der Waals surface area contributed by atoms with Crippen LogP contribution >= 0.6 is 23.8 Å². The Hall–Kier alpha value is -3.41. The molecule has 0 aliphatic carbocycles. The first-order valence-electron chi connectivity index (χ1n) is 9.63. The maximum absolute atomic E-state index is 12.2. The molecule has 0 saturated carbocycles. The number of nitrogens with one attached hydrogen (secondary N) is 2. The minimum absolute atomic E-state index is 0.222. The molecular weight excluding hydrogens is 428 g/mol. The molecule has 0 bridgehead atoms. The van der Waals surface area contributed by atoms with Gasteiger partial charge in [0.05, 0.1) is 0 Å². The first-order chi connectivity index (χ1) is 15.0. The summed E-state index contributed by atoms with van der Waals surface area (Å²) in [5, 5.41) is 8.79. The summed E-state index contributed by atoms with van der Waals surface area (Å²) in [6.45, 7) is 1.94. The van der Waals surface area contributed by atoms with Gasteiger partial charge in [0.1, 0.15) is 11.5 Å². The maximum atomic E-state index is 12.2. The normalized spacial score (nSPS) is 11.0. The molecular formula is C25H19ClN2O2S. The van der Waals surface area contributed by atoms with Crippen molar-refractivity contribution in [3.63, 3.8) is 0 Å². The fraction of sp³-hybridized carbons (Fsp3) is 0.0400. The van der Waals surface area contributed by atoms with E-state index < -0.39 is 0 Å². The molecule has 2 N–H and O–H groups in total. The number of halogens is 1. The van der Waals surface area contributed by atoms with Gasteiger partial charge in [-0.2, -0.15) is 0 Å². The number of anilines is 1. The number of amides is 1. The van der Waals surface area contributed by atoms with Gasteiger partial charge in [-0.3, -0.25) is 10.1 Å². The van der Waals surface area contributed by atoms with Crippen molar-refractivity contribution in [2.24, 2.45) is 0 Å². The van der Waals surface area contributed by atoms with Crippen LogP contribution in [0, 0.1) is 6.92 Å². The molecule has 0 unspecified atom stereocenters. The van der Waals surface area contributed by atoms with Crippen LogP contribution in [0.2, 0.25) is 5.02 Å². The van der Waals surface area contributed by atoms with Gasteiger partial charge >= 0.3 is 0 Å². The lowest BCUT2D eigenvalue weighted by molar-refractivity contribution is -0.115. The van der Waals surface area contributed by atoms with Crippen LogP contribution in [0.25, 0.3) is 28.2 Å². The van der Waals surface area contributed by atoms with E-state index in [0.717, 1.165) is 27.6 Å². The number of carbonyl (C=O) groups excluding carboxylic acids is 1. The predicted molar refractivity (Wildman–Crippen MR) is 131 cm³/mol. The summed E-state index contributed by atoms with van der Waals surface area (Å²) in [6.07, 6.45) is 2.96. The lowest BCUT2D eigenvalue weighted by atomic mass is 10.1. The first kappa shape index (κ1) is 20.8. The van der Waals surface area contributed by atoms with Gasteiger partial charge in [-0.15, -0.1) is 0 Å². The highest BCUT2D eigenvalue weighted by molar-refractivity contribution is 7.80. The van der Waals surface area contributed by atoms with Gasteiger partial charge in [0, 0.05) is 22.3 Å². The van der Waals surface area contributed by atoms with Crippen molar-refractivity contribution >= 4 is 57.4 Å². The van der Waals surface area contributed by atoms with Crippen LogP contribution in [-0.2, 0) is 4.79 Å². The molecule has 6 heteroatoms. The summed E-state index contributed by atoms with van der Waals surface area (Å²) in [6, 6.07) is 23.3. The monoisotopic (exact) mass is 446 g/mol. The summed E-state index contributed by atoms with van der Waals surface area (Å²) in [5.41, 5.74) is 2.68. The minimum Gasteiger partial charge on any atom is -0.457 e. The van der Waals surface area contributed by atoms with Gasteiger partial charge in [-0.25, -0.2) is 0 Å². The van der Waals surface area contributed by atoms with Gasteiger partial charge in [-0.05, 0) is 71.9 Å². The SMILES string of the molecule is Cc1ccc(-c2ccc(/C=C/C(=O)NC(=S)Nc3ccc4ccccc4c3)o2)cc1Cl. The number of carbonyl (C=O) groups is 1. The summed E-state index contributed by atoms with van der Waals surface area (Å²) < 4.78 is 5.78. The molecule has 0 saturated heterocycles. The summed E-state index contributed by atoms with van der Waals surface area (Å²) >= 11 is 11.4. The van der Waals surface area contributed by atoms with Gasteiger partial charge in [0.2, 0.25) is 5.91 Å². The average molecular weight is 447 g/mol. The number of benzene rings is 3. The van der Waals surface area contributed by atoms with Gasteiger partial charge < -0.3 is 9.73 Å². The summed E-state index contributed by atoms with van der Waals surface area (Å²) in [7, 11) is 0. The number of furan rings is 1. The molecule has 1 amide bonds. The molecule has 1 aromatic heterocycles. The molecule has 0 spiro atoms. The molecule has 31 heavy (non-hydrogen) atoms. The molecule has 3 aromatic carbocycles. The fourth-order valence-electron chi connectivity index (χ4n) is 3.08. The maximum Gasteiger partial charge on any atom is 0.250 e. The predicted octanol–water partition coefficient (Wildman–Crippen LogP) is 6.59. The van der Waals surface area contributed by atoms with Crippen LogP contribution in [0.3, 0.4) is 0 Å². The third kappa shape index (κ3) is 5.20. The second-order valence-corrected chi connectivity index (χ2v) is 7.82. The van der Waals surface area contributed by atoms with Crippen molar-refractivity contribution < 1.29 is 9.21 Å². The number of aryl methyl sites for hydroxylation is 1. The first-order valence-corrected chi connectivity index (χ1v) is 10.4. The third-order valence-corrected chi connectivity index (χ3v) is 5.34. The molecule has 154 valence electrons. The lowest BCUT2D eigenvalue weighted by Gasteiger charge is -2.09. The highest BCUT2D eigenvalue weighted by Crippen LogP contribution is 2.27. The molecule has 0 fully saturated rings. The Balaban J connectivity index is 1.36. The van der Waals surface area contributed by atoms with Crippen molar-refractivity contribution in [2.75, 3.05) is 5.32 Å².